The molecule has 0 bridgehead atoms. The first-order valence-corrected chi connectivity index (χ1v) is 7.71. The average molecular weight is 440 g/mol. The average Bonchev–Trinajstić information content (AvgIpc) is 2.37. The number of aliphatic carboxylic acids is 1. The summed E-state index contributed by atoms with van der Waals surface area (Å²) in [6, 6.07) is 5.29. The van der Waals surface area contributed by atoms with Crippen LogP contribution in [0.3, 0.4) is 0 Å². The van der Waals surface area contributed by atoms with Gasteiger partial charge in [-0.3, -0.25) is 9.59 Å². The highest BCUT2D eigenvalue weighted by molar-refractivity contribution is 14.1. The Morgan fingerprint density at radius 2 is 2.11 bits per heavy atom. The molecule has 104 valence electrons. The number of hydrogen-bond acceptors (Lipinski definition) is 2. The first-order chi connectivity index (χ1) is 8.86. The van der Waals surface area contributed by atoms with Gasteiger partial charge in [-0.15, -0.1) is 0 Å². The number of carboxylic acid groups (broad SMARTS) is 1. The van der Waals surface area contributed by atoms with Crippen molar-refractivity contribution < 1.29 is 14.7 Å². The molecule has 1 rings (SSSR count). The molecule has 1 aromatic carbocycles. The Labute approximate surface area is 134 Å². The number of carboxylic acids is 1. The molecule has 1 N–H and O–H groups in total. The third-order valence-electron chi connectivity index (χ3n) is 2.85. The largest absolute Gasteiger partial charge is 0.480 e. The zero-order valence-corrected chi connectivity index (χ0v) is 14.4. The standard InChI is InChI=1S/C13H15BrINO3/c1-3-8(2)16(7-12(17)18)13(19)10-6-9(14)4-5-11(10)15/h4-6,8H,3,7H2,1-2H3,(H,17,18). The Morgan fingerprint density at radius 3 is 2.63 bits per heavy atom. The van der Waals surface area contributed by atoms with E-state index in [1.165, 1.54) is 4.90 Å². The van der Waals surface area contributed by atoms with Gasteiger partial charge in [0.1, 0.15) is 6.54 Å². The van der Waals surface area contributed by atoms with Crippen molar-refractivity contribution in [3.63, 3.8) is 0 Å². The predicted octanol–water partition coefficient (Wildman–Crippen LogP) is 3.38. The molecular weight excluding hydrogens is 425 g/mol. The highest BCUT2D eigenvalue weighted by Gasteiger charge is 2.24. The number of benzene rings is 1. The Bertz CT molecular complexity index is 493. The maximum Gasteiger partial charge on any atom is 0.323 e. The summed E-state index contributed by atoms with van der Waals surface area (Å²) in [7, 11) is 0. The molecule has 0 saturated carbocycles. The number of amides is 1. The summed E-state index contributed by atoms with van der Waals surface area (Å²) >= 11 is 5.41. The minimum absolute atomic E-state index is 0.113. The fraction of sp³-hybridized carbons (Fsp3) is 0.385. The van der Waals surface area contributed by atoms with Crippen molar-refractivity contribution in [2.24, 2.45) is 0 Å². The summed E-state index contributed by atoms with van der Waals surface area (Å²) in [5, 5.41) is 8.94. The second-order valence-corrected chi connectivity index (χ2v) is 6.29. The molecule has 0 aliphatic rings. The minimum atomic E-state index is -1.00. The van der Waals surface area contributed by atoms with Crippen molar-refractivity contribution in [1.29, 1.82) is 0 Å². The third-order valence-corrected chi connectivity index (χ3v) is 4.28. The summed E-state index contributed by atoms with van der Waals surface area (Å²) in [5.41, 5.74) is 0.525. The van der Waals surface area contributed by atoms with E-state index in [-0.39, 0.29) is 18.5 Å². The van der Waals surface area contributed by atoms with Crippen molar-refractivity contribution in [2.45, 2.75) is 26.3 Å². The van der Waals surface area contributed by atoms with E-state index in [0.29, 0.717) is 12.0 Å². The van der Waals surface area contributed by atoms with Crippen LogP contribution in [0.5, 0.6) is 0 Å². The van der Waals surface area contributed by atoms with Crippen LogP contribution in [0.25, 0.3) is 0 Å². The third kappa shape index (κ3) is 4.45. The van der Waals surface area contributed by atoms with Crippen LogP contribution in [0, 0.1) is 3.57 Å². The Hall–Kier alpha value is -0.630. The molecule has 1 atom stereocenters. The van der Waals surface area contributed by atoms with E-state index in [0.717, 1.165) is 8.04 Å². The monoisotopic (exact) mass is 439 g/mol. The van der Waals surface area contributed by atoms with Gasteiger partial charge in [-0.05, 0) is 54.1 Å². The minimum Gasteiger partial charge on any atom is -0.480 e. The van der Waals surface area contributed by atoms with E-state index in [9.17, 15) is 9.59 Å². The van der Waals surface area contributed by atoms with Crippen molar-refractivity contribution in [3.8, 4) is 0 Å². The highest BCUT2D eigenvalue weighted by Crippen LogP contribution is 2.21. The van der Waals surface area contributed by atoms with Crippen LogP contribution >= 0.6 is 38.5 Å². The van der Waals surface area contributed by atoms with Crippen LogP contribution in [0.4, 0.5) is 0 Å². The smallest absolute Gasteiger partial charge is 0.323 e. The SMILES string of the molecule is CCC(C)N(CC(=O)O)C(=O)c1cc(Br)ccc1I. The first-order valence-electron chi connectivity index (χ1n) is 5.84. The maximum absolute atomic E-state index is 12.5. The molecule has 0 aromatic heterocycles. The highest BCUT2D eigenvalue weighted by atomic mass is 127. The van der Waals surface area contributed by atoms with Gasteiger partial charge in [-0.25, -0.2) is 0 Å². The molecule has 0 aliphatic heterocycles. The second kappa shape index (κ2) is 7.23. The fourth-order valence-electron chi connectivity index (χ4n) is 1.61. The molecule has 0 aliphatic carbocycles. The van der Waals surface area contributed by atoms with E-state index >= 15 is 0 Å². The molecule has 19 heavy (non-hydrogen) atoms. The Balaban J connectivity index is 3.11. The van der Waals surface area contributed by atoms with Crippen LogP contribution in [-0.4, -0.2) is 34.5 Å². The molecule has 4 nitrogen and oxygen atoms in total. The molecule has 1 aromatic rings. The van der Waals surface area contributed by atoms with Crippen molar-refractivity contribution in [1.82, 2.24) is 4.90 Å². The molecule has 0 saturated heterocycles. The zero-order chi connectivity index (χ0) is 14.6. The lowest BCUT2D eigenvalue weighted by Crippen LogP contribution is -2.42. The zero-order valence-electron chi connectivity index (χ0n) is 10.7. The van der Waals surface area contributed by atoms with Gasteiger partial charge in [0.25, 0.3) is 5.91 Å². The predicted molar refractivity (Wildman–Crippen MR) is 85.3 cm³/mol. The van der Waals surface area contributed by atoms with E-state index in [1.54, 1.807) is 6.07 Å². The van der Waals surface area contributed by atoms with Crippen LogP contribution in [0.15, 0.2) is 22.7 Å². The number of halogens is 2. The fourth-order valence-corrected chi connectivity index (χ4v) is 2.54. The summed E-state index contributed by atoms with van der Waals surface area (Å²) in [5.74, 6) is -1.25. The summed E-state index contributed by atoms with van der Waals surface area (Å²) in [6.45, 7) is 3.50. The topological polar surface area (TPSA) is 57.6 Å². The molecule has 0 radical (unpaired) electrons. The molecule has 0 fully saturated rings. The first kappa shape index (κ1) is 16.4. The quantitative estimate of drug-likeness (QED) is 0.715. The van der Waals surface area contributed by atoms with Crippen LogP contribution in [-0.2, 0) is 4.79 Å². The molecule has 0 heterocycles. The van der Waals surface area contributed by atoms with Crippen molar-refractivity contribution >= 4 is 50.4 Å². The molecular formula is C13H15BrINO3. The molecule has 6 heteroatoms. The van der Waals surface area contributed by atoms with E-state index in [1.807, 2.05) is 26.0 Å². The summed E-state index contributed by atoms with van der Waals surface area (Å²) < 4.78 is 1.61. The van der Waals surface area contributed by atoms with Gasteiger partial charge in [-0.2, -0.15) is 0 Å². The van der Waals surface area contributed by atoms with Crippen LogP contribution < -0.4 is 0 Å². The van der Waals surface area contributed by atoms with Gasteiger partial charge in [0, 0.05) is 14.1 Å². The van der Waals surface area contributed by atoms with Gasteiger partial charge >= 0.3 is 5.97 Å². The van der Waals surface area contributed by atoms with E-state index in [2.05, 4.69) is 38.5 Å². The van der Waals surface area contributed by atoms with Gasteiger partial charge in [0.05, 0.1) is 5.56 Å². The normalized spacial score (nSPS) is 12.0. The lowest BCUT2D eigenvalue weighted by atomic mass is 10.1. The van der Waals surface area contributed by atoms with Crippen LogP contribution in [0.1, 0.15) is 30.6 Å². The summed E-state index contributed by atoms with van der Waals surface area (Å²) in [4.78, 5) is 24.8. The van der Waals surface area contributed by atoms with Crippen molar-refractivity contribution in [3.05, 3.63) is 31.8 Å². The molecule has 1 amide bonds. The van der Waals surface area contributed by atoms with E-state index in [4.69, 9.17) is 5.11 Å². The number of hydrogen-bond donors (Lipinski definition) is 1. The van der Waals surface area contributed by atoms with Crippen molar-refractivity contribution in [2.75, 3.05) is 6.54 Å². The molecule has 1 unspecified atom stereocenters. The van der Waals surface area contributed by atoms with Crippen LogP contribution in [0.2, 0.25) is 0 Å². The number of carbonyl (C=O) groups is 2. The van der Waals surface area contributed by atoms with Gasteiger partial charge in [0.15, 0.2) is 0 Å². The van der Waals surface area contributed by atoms with Gasteiger partial charge in [-0.1, -0.05) is 22.9 Å². The molecule has 0 spiro atoms. The second-order valence-electron chi connectivity index (χ2n) is 4.21. The number of rotatable bonds is 5. The Morgan fingerprint density at radius 1 is 1.47 bits per heavy atom. The van der Waals surface area contributed by atoms with E-state index < -0.39 is 5.97 Å². The summed E-state index contributed by atoms with van der Waals surface area (Å²) in [6.07, 6.45) is 0.712. The number of carbonyl (C=O) groups excluding carboxylic acids is 1. The number of nitrogens with zero attached hydrogens (tertiary/aromatic N) is 1. The lowest BCUT2D eigenvalue weighted by molar-refractivity contribution is -0.138. The van der Waals surface area contributed by atoms with Gasteiger partial charge < -0.3 is 10.0 Å². The van der Waals surface area contributed by atoms with Gasteiger partial charge in [0.2, 0.25) is 0 Å². The lowest BCUT2D eigenvalue weighted by Gasteiger charge is -2.27. The maximum atomic E-state index is 12.5. The Kier molecular flexibility index (Phi) is 6.25.